The number of ketones is 1. The highest BCUT2D eigenvalue weighted by Gasteiger charge is 2.16. The Kier molecular flexibility index (Phi) is 4.73. The van der Waals surface area contributed by atoms with Crippen molar-refractivity contribution >= 4 is 11.6 Å². The van der Waals surface area contributed by atoms with Gasteiger partial charge in [-0.3, -0.25) is 9.78 Å². The van der Waals surface area contributed by atoms with Crippen molar-refractivity contribution in [3.05, 3.63) is 78.2 Å². The predicted octanol–water partition coefficient (Wildman–Crippen LogP) is 4.36. The SMILES string of the molecule is O=C(c1cncc(-c2ccccc2)c1)c1cccc(N2CCCCC2)n1. The van der Waals surface area contributed by atoms with Crippen LogP contribution in [0.4, 0.5) is 5.82 Å². The van der Waals surface area contributed by atoms with E-state index in [4.69, 9.17) is 0 Å². The second kappa shape index (κ2) is 7.48. The molecule has 0 spiro atoms. The van der Waals surface area contributed by atoms with Crippen molar-refractivity contribution in [2.24, 2.45) is 0 Å². The van der Waals surface area contributed by atoms with Crippen LogP contribution in [0.25, 0.3) is 11.1 Å². The molecule has 4 rings (SSSR count). The number of pyridine rings is 2. The molecule has 0 bridgehead atoms. The lowest BCUT2D eigenvalue weighted by Crippen LogP contribution is -2.30. The molecule has 1 saturated heterocycles. The van der Waals surface area contributed by atoms with Crippen LogP contribution in [0.5, 0.6) is 0 Å². The lowest BCUT2D eigenvalue weighted by molar-refractivity contribution is 0.103. The standard InChI is InChI=1S/C22H21N3O/c26-22(19-14-18(15-23-16-19)17-8-3-1-4-9-17)20-10-7-11-21(24-20)25-12-5-2-6-13-25/h1,3-4,7-11,14-16H,2,5-6,12-13H2. The number of aromatic nitrogens is 2. The maximum absolute atomic E-state index is 12.9. The quantitative estimate of drug-likeness (QED) is 0.660. The minimum absolute atomic E-state index is 0.0888. The molecule has 0 N–H and O–H groups in total. The van der Waals surface area contributed by atoms with Crippen LogP contribution in [-0.2, 0) is 0 Å². The number of carbonyl (C=O) groups is 1. The van der Waals surface area contributed by atoms with Crippen LogP contribution in [0.15, 0.2) is 67.0 Å². The van der Waals surface area contributed by atoms with E-state index in [1.807, 2.05) is 48.5 Å². The minimum atomic E-state index is -0.0888. The zero-order chi connectivity index (χ0) is 17.8. The van der Waals surface area contributed by atoms with Crippen LogP contribution in [0.2, 0.25) is 0 Å². The molecule has 2 aromatic heterocycles. The number of hydrogen-bond donors (Lipinski definition) is 0. The van der Waals surface area contributed by atoms with Gasteiger partial charge in [0.05, 0.1) is 0 Å². The zero-order valence-corrected chi connectivity index (χ0v) is 14.6. The predicted molar refractivity (Wildman–Crippen MR) is 103 cm³/mol. The number of benzene rings is 1. The van der Waals surface area contributed by atoms with E-state index in [2.05, 4.69) is 14.9 Å². The van der Waals surface area contributed by atoms with Gasteiger partial charge >= 0.3 is 0 Å². The molecule has 0 radical (unpaired) electrons. The second-order valence-electron chi connectivity index (χ2n) is 6.59. The van der Waals surface area contributed by atoms with E-state index < -0.39 is 0 Å². The Bertz CT molecular complexity index is 902. The fraction of sp³-hybridized carbons (Fsp3) is 0.227. The van der Waals surface area contributed by atoms with E-state index in [-0.39, 0.29) is 5.78 Å². The summed E-state index contributed by atoms with van der Waals surface area (Å²) >= 11 is 0. The van der Waals surface area contributed by atoms with Crippen LogP contribution < -0.4 is 4.90 Å². The van der Waals surface area contributed by atoms with Gasteiger partial charge in [-0.1, -0.05) is 36.4 Å². The van der Waals surface area contributed by atoms with Crippen molar-refractivity contribution in [2.45, 2.75) is 19.3 Å². The van der Waals surface area contributed by atoms with E-state index in [0.717, 1.165) is 30.0 Å². The van der Waals surface area contributed by atoms with Crippen molar-refractivity contribution < 1.29 is 4.79 Å². The average Bonchev–Trinajstić information content (AvgIpc) is 2.75. The highest BCUT2D eigenvalue weighted by molar-refractivity contribution is 6.08. The molecule has 0 aliphatic carbocycles. The number of piperidine rings is 1. The Balaban J connectivity index is 1.62. The molecule has 0 atom stereocenters. The summed E-state index contributed by atoms with van der Waals surface area (Å²) < 4.78 is 0. The van der Waals surface area contributed by atoms with Crippen LogP contribution in [-0.4, -0.2) is 28.8 Å². The average molecular weight is 343 g/mol. The first-order valence-electron chi connectivity index (χ1n) is 9.08. The van der Waals surface area contributed by atoms with Crippen LogP contribution >= 0.6 is 0 Å². The summed E-state index contributed by atoms with van der Waals surface area (Å²) in [5, 5.41) is 0. The summed E-state index contributed by atoms with van der Waals surface area (Å²) in [6.45, 7) is 2.02. The summed E-state index contributed by atoms with van der Waals surface area (Å²) in [7, 11) is 0. The molecule has 4 heteroatoms. The lowest BCUT2D eigenvalue weighted by atomic mass is 10.0. The van der Waals surface area contributed by atoms with Crippen molar-refractivity contribution in [1.29, 1.82) is 0 Å². The Morgan fingerprint density at radius 1 is 0.846 bits per heavy atom. The van der Waals surface area contributed by atoms with Crippen molar-refractivity contribution in [1.82, 2.24) is 9.97 Å². The molecular weight excluding hydrogens is 322 g/mol. The van der Waals surface area contributed by atoms with Gasteiger partial charge in [0.2, 0.25) is 5.78 Å². The van der Waals surface area contributed by atoms with Gasteiger partial charge in [0.15, 0.2) is 0 Å². The molecule has 0 unspecified atom stereocenters. The third kappa shape index (κ3) is 3.49. The third-order valence-corrected chi connectivity index (χ3v) is 4.75. The van der Waals surface area contributed by atoms with Crippen LogP contribution in [0.3, 0.4) is 0 Å². The van der Waals surface area contributed by atoms with Crippen molar-refractivity contribution in [3.8, 4) is 11.1 Å². The third-order valence-electron chi connectivity index (χ3n) is 4.75. The van der Waals surface area contributed by atoms with Gasteiger partial charge in [-0.05, 0) is 43.0 Å². The highest BCUT2D eigenvalue weighted by atomic mass is 16.1. The van der Waals surface area contributed by atoms with Crippen molar-refractivity contribution in [2.75, 3.05) is 18.0 Å². The Labute approximate surface area is 153 Å². The van der Waals surface area contributed by atoms with Gasteiger partial charge in [-0.2, -0.15) is 0 Å². The lowest BCUT2D eigenvalue weighted by Gasteiger charge is -2.27. The van der Waals surface area contributed by atoms with Gasteiger partial charge in [-0.25, -0.2) is 4.98 Å². The Morgan fingerprint density at radius 3 is 2.46 bits per heavy atom. The molecule has 1 aliphatic heterocycles. The molecule has 1 fully saturated rings. The van der Waals surface area contributed by atoms with Crippen molar-refractivity contribution in [3.63, 3.8) is 0 Å². The normalized spacial score (nSPS) is 14.2. The first-order chi connectivity index (χ1) is 12.8. The molecule has 1 aromatic carbocycles. The molecule has 0 saturated carbocycles. The fourth-order valence-corrected chi connectivity index (χ4v) is 3.35. The molecule has 4 nitrogen and oxygen atoms in total. The number of anilines is 1. The zero-order valence-electron chi connectivity index (χ0n) is 14.6. The maximum Gasteiger partial charge on any atom is 0.212 e. The van der Waals surface area contributed by atoms with E-state index in [1.54, 1.807) is 18.5 Å². The summed E-state index contributed by atoms with van der Waals surface area (Å²) in [5.74, 6) is 0.803. The Morgan fingerprint density at radius 2 is 1.65 bits per heavy atom. The number of carbonyl (C=O) groups excluding carboxylic acids is 1. The molecule has 0 amide bonds. The van der Waals surface area contributed by atoms with E-state index >= 15 is 0 Å². The topological polar surface area (TPSA) is 46.1 Å². The molecule has 26 heavy (non-hydrogen) atoms. The number of nitrogens with zero attached hydrogens (tertiary/aromatic N) is 3. The van der Waals surface area contributed by atoms with Gasteiger partial charge in [-0.15, -0.1) is 0 Å². The molecule has 1 aliphatic rings. The summed E-state index contributed by atoms with van der Waals surface area (Å²) in [6.07, 6.45) is 7.03. The molecule has 130 valence electrons. The monoisotopic (exact) mass is 343 g/mol. The van der Waals surface area contributed by atoms with Gasteiger partial charge in [0, 0.05) is 36.6 Å². The second-order valence-corrected chi connectivity index (χ2v) is 6.59. The molecule has 3 heterocycles. The van der Waals surface area contributed by atoms with Crippen LogP contribution in [0.1, 0.15) is 35.3 Å². The van der Waals surface area contributed by atoms with Gasteiger partial charge < -0.3 is 4.90 Å². The summed E-state index contributed by atoms with van der Waals surface area (Å²) in [5.41, 5.74) is 3.02. The maximum atomic E-state index is 12.9. The minimum Gasteiger partial charge on any atom is -0.357 e. The van der Waals surface area contributed by atoms with E-state index in [1.165, 1.54) is 19.3 Å². The van der Waals surface area contributed by atoms with Crippen LogP contribution in [0, 0.1) is 0 Å². The highest BCUT2D eigenvalue weighted by Crippen LogP contribution is 2.22. The first kappa shape index (κ1) is 16.5. The van der Waals surface area contributed by atoms with E-state index in [9.17, 15) is 4.79 Å². The number of hydrogen-bond acceptors (Lipinski definition) is 4. The molecular formula is C22H21N3O. The largest absolute Gasteiger partial charge is 0.357 e. The van der Waals surface area contributed by atoms with Gasteiger partial charge in [0.1, 0.15) is 11.5 Å². The number of rotatable bonds is 4. The van der Waals surface area contributed by atoms with E-state index in [0.29, 0.717) is 11.3 Å². The summed E-state index contributed by atoms with van der Waals surface area (Å²) in [4.78, 5) is 24.1. The summed E-state index contributed by atoms with van der Waals surface area (Å²) in [6, 6.07) is 17.5. The molecule has 3 aromatic rings. The fourth-order valence-electron chi connectivity index (χ4n) is 3.35. The Hall–Kier alpha value is -3.01. The first-order valence-corrected chi connectivity index (χ1v) is 9.08. The van der Waals surface area contributed by atoms with Gasteiger partial charge in [0.25, 0.3) is 0 Å². The smallest absolute Gasteiger partial charge is 0.212 e.